The SMILES string of the molecule is O=C(CCNCCc1ccc(F)cc1)NCCc1ccc(Cl)cc1Cl. The molecule has 0 saturated heterocycles. The van der Waals surface area contributed by atoms with E-state index >= 15 is 0 Å². The third-order valence-electron chi connectivity index (χ3n) is 3.76. The molecule has 0 aliphatic carbocycles. The third-order valence-corrected chi connectivity index (χ3v) is 4.35. The zero-order valence-corrected chi connectivity index (χ0v) is 15.3. The van der Waals surface area contributed by atoms with Crippen LogP contribution in [-0.2, 0) is 17.6 Å². The first-order valence-electron chi connectivity index (χ1n) is 8.20. The molecule has 2 aromatic rings. The van der Waals surface area contributed by atoms with E-state index in [4.69, 9.17) is 23.2 Å². The van der Waals surface area contributed by atoms with Gasteiger partial charge in [0.05, 0.1) is 0 Å². The Morgan fingerprint density at radius 3 is 2.44 bits per heavy atom. The van der Waals surface area contributed by atoms with Crippen molar-refractivity contribution in [1.82, 2.24) is 10.6 Å². The van der Waals surface area contributed by atoms with Gasteiger partial charge in [-0.1, -0.05) is 41.4 Å². The lowest BCUT2D eigenvalue weighted by Gasteiger charge is -2.08. The Bertz CT molecular complexity index is 692. The lowest BCUT2D eigenvalue weighted by molar-refractivity contribution is -0.120. The molecule has 0 unspecified atom stereocenters. The standard InChI is InChI=1S/C19H21Cl2FN2O/c20-16-4-3-15(18(21)13-16)8-12-24-19(25)9-11-23-10-7-14-1-5-17(22)6-2-14/h1-6,13,23H,7-12H2,(H,24,25). The Morgan fingerprint density at radius 2 is 1.72 bits per heavy atom. The Hall–Kier alpha value is -1.62. The van der Waals surface area contributed by atoms with Gasteiger partial charge in [0.25, 0.3) is 0 Å². The smallest absolute Gasteiger partial charge is 0.221 e. The summed E-state index contributed by atoms with van der Waals surface area (Å²) in [6.07, 6.45) is 1.88. The highest BCUT2D eigenvalue weighted by atomic mass is 35.5. The number of benzene rings is 2. The second-order valence-corrected chi connectivity index (χ2v) is 6.56. The van der Waals surface area contributed by atoms with Crippen LogP contribution in [0, 0.1) is 5.82 Å². The molecule has 0 aromatic heterocycles. The van der Waals surface area contributed by atoms with Crippen molar-refractivity contribution in [2.24, 2.45) is 0 Å². The highest BCUT2D eigenvalue weighted by molar-refractivity contribution is 6.35. The van der Waals surface area contributed by atoms with Gasteiger partial charge in [-0.15, -0.1) is 0 Å². The van der Waals surface area contributed by atoms with E-state index in [-0.39, 0.29) is 11.7 Å². The van der Waals surface area contributed by atoms with Crippen molar-refractivity contribution >= 4 is 29.1 Å². The van der Waals surface area contributed by atoms with Crippen LogP contribution in [-0.4, -0.2) is 25.5 Å². The predicted molar refractivity (Wildman–Crippen MR) is 101 cm³/mol. The maximum atomic E-state index is 12.8. The van der Waals surface area contributed by atoms with Crippen LogP contribution >= 0.6 is 23.2 Å². The van der Waals surface area contributed by atoms with Crippen molar-refractivity contribution in [2.45, 2.75) is 19.3 Å². The fourth-order valence-electron chi connectivity index (χ4n) is 2.36. The summed E-state index contributed by atoms with van der Waals surface area (Å²) in [7, 11) is 0. The molecule has 0 bridgehead atoms. The van der Waals surface area contributed by atoms with Gasteiger partial charge in [-0.25, -0.2) is 4.39 Å². The number of halogens is 3. The maximum absolute atomic E-state index is 12.8. The van der Waals surface area contributed by atoms with E-state index in [1.54, 1.807) is 24.3 Å². The molecular weight excluding hydrogens is 362 g/mol. The number of rotatable bonds is 9. The second-order valence-electron chi connectivity index (χ2n) is 5.71. The van der Waals surface area contributed by atoms with Gasteiger partial charge < -0.3 is 10.6 Å². The normalized spacial score (nSPS) is 10.7. The Kier molecular flexibility index (Phi) is 8.19. The van der Waals surface area contributed by atoms with E-state index in [9.17, 15) is 9.18 Å². The molecule has 0 aliphatic rings. The van der Waals surface area contributed by atoms with Crippen molar-refractivity contribution < 1.29 is 9.18 Å². The molecule has 2 rings (SSSR count). The first-order chi connectivity index (χ1) is 12.0. The minimum absolute atomic E-state index is 0.000585. The highest BCUT2D eigenvalue weighted by Crippen LogP contribution is 2.21. The van der Waals surface area contributed by atoms with Crippen LogP contribution in [0.15, 0.2) is 42.5 Å². The molecule has 6 heteroatoms. The molecule has 25 heavy (non-hydrogen) atoms. The first kappa shape index (κ1) is 19.7. The first-order valence-corrected chi connectivity index (χ1v) is 8.96. The molecule has 2 aromatic carbocycles. The third kappa shape index (κ3) is 7.43. The largest absolute Gasteiger partial charge is 0.356 e. The summed E-state index contributed by atoms with van der Waals surface area (Å²) in [6, 6.07) is 11.8. The van der Waals surface area contributed by atoms with E-state index in [1.807, 2.05) is 6.07 Å². The van der Waals surface area contributed by atoms with Gasteiger partial charge >= 0.3 is 0 Å². The number of hydrogen-bond donors (Lipinski definition) is 2. The molecule has 1 amide bonds. The summed E-state index contributed by atoms with van der Waals surface area (Å²) < 4.78 is 12.8. The van der Waals surface area contributed by atoms with Crippen molar-refractivity contribution in [3.05, 3.63) is 69.5 Å². The van der Waals surface area contributed by atoms with E-state index in [0.717, 1.165) is 24.1 Å². The number of nitrogens with one attached hydrogen (secondary N) is 2. The van der Waals surface area contributed by atoms with E-state index in [1.165, 1.54) is 12.1 Å². The highest BCUT2D eigenvalue weighted by Gasteiger charge is 2.04. The molecule has 0 radical (unpaired) electrons. The molecule has 0 saturated carbocycles. The molecule has 0 atom stereocenters. The zero-order valence-electron chi connectivity index (χ0n) is 13.8. The van der Waals surface area contributed by atoms with Crippen LogP contribution in [0.2, 0.25) is 10.0 Å². The number of amides is 1. The summed E-state index contributed by atoms with van der Waals surface area (Å²) in [5.41, 5.74) is 2.03. The summed E-state index contributed by atoms with van der Waals surface area (Å²) in [5.74, 6) is -0.229. The Morgan fingerprint density at radius 1 is 0.960 bits per heavy atom. The fourth-order valence-corrected chi connectivity index (χ4v) is 2.86. The predicted octanol–water partition coefficient (Wildman–Crippen LogP) is 4.01. The molecule has 0 spiro atoms. The van der Waals surface area contributed by atoms with Crippen molar-refractivity contribution in [2.75, 3.05) is 19.6 Å². The van der Waals surface area contributed by atoms with E-state index in [2.05, 4.69) is 10.6 Å². The summed E-state index contributed by atoms with van der Waals surface area (Å²) in [5, 5.41) is 7.30. The van der Waals surface area contributed by atoms with Crippen LogP contribution in [0.5, 0.6) is 0 Å². The molecule has 0 heterocycles. The van der Waals surface area contributed by atoms with Gasteiger partial charge in [0.1, 0.15) is 5.82 Å². The van der Waals surface area contributed by atoms with Crippen molar-refractivity contribution in [1.29, 1.82) is 0 Å². The molecule has 2 N–H and O–H groups in total. The fraction of sp³-hybridized carbons (Fsp3) is 0.316. The quantitative estimate of drug-likeness (QED) is 0.643. The van der Waals surface area contributed by atoms with Gasteiger partial charge in [-0.05, 0) is 54.8 Å². The van der Waals surface area contributed by atoms with Crippen molar-refractivity contribution in [3.8, 4) is 0 Å². The number of carbonyl (C=O) groups is 1. The monoisotopic (exact) mass is 382 g/mol. The topological polar surface area (TPSA) is 41.1 Å². The van der Waals surface area contributed by atoms with Crippen LogP contribution in [0.3, 0.4) is 0 Å². The second kappa shape index (κ2) is 10.4. The number of carbonyl (C=O) groups excluding carboxylic acids is 1. The van der Waals surface area contributed by atoms with Crippen LogP contribution in [0.4, 0.5) is 4.39 Å². The lowest BCUT2D eigenvalue weighted by Crippen LogP contribution is -2.29. The van der Waals surface area contributed by atoms with Gasteiger partial charge in [-0.3, -0.25) is 4.79 Å². The molecule has 0 aliphatic heterocycles. The molecule has 0 fully saturated rings. The van der Waals surface area contributed by atoms with Gasteiger partial charge in [0.2, 0.25) is 5.91 Å². The zero-order chi connectivity index (χ0) is 18.1. The molecule has 134 valence electrons. The van der Waals surface area contributed by atoms with Crippen LogP contribution in [0.1, 0.15) is 17.5 Å². The van der Waals surface area contributed by atoms with Crippen LogP contribution in [0.25, 0.3) is 0 Å². The average Bonchev–Trinajstić information content (AvgIpc) is 2.58. The average molecular weight is 383 g/mol. The minimum Gasteiger partial charge on any atom is -0.356 e. The summed E-state index contributed by atoms with van der Waals surface area (Å²) >= 11 is 11.9. The van der Waals surface area contributed by atoms with E-state index < -0.39 is 0 Å². The molecular formula is C19H21Cl2FN2O. The number of hydrogen-bond acceptors (Lipinski definition) is 2. The van der Waals surface area contributed by atoms with Crippen LogP contribution < -0.4 is 10.6 Å². The van der Waals surface area contributed by atoms with Crippen molar-refractivity contribution in [3.63, 3.8) is 0 Å². The maximum Gasteiger partial charge on any atom is 0.221 e. The minimum atomic E-state index is -0.228. The molecule has 3 nitrogen and oxygen atoms in total. The lowest BCUT2D eigenvalue weighted by atomic mass is 10.1. The summed E-state index contributed by atoms with van der Waals surface area (Å²) in [6.45, 7) is 1.89. The Balaban J connectivity index is 1.55. The van der Waals surface area contributed by atoms with E-state index in [0.29, 0.717) is 36.0 Å². The Labute approximate surface area is 157 Å². The van der Waals surface area contributed by atoms with Gasteiger partial charge in [-0.2, -0.15) is 0 Å². The van der Waals surface area contributed by atoms with Gasteiger partial charge in [0, 0.05) is 29.6 Å². The van der Waals surface area contributed by atoms with Gasteiger partial charge in [0.15, 0.2) is 0 Å². The summed E-state index contributed by atoms with van der Waals surface area (Å²) in [4.78, 5) is 11.8.